The van der Waals surface area contributed by atoms with Crippen LogP contribution in [0, 0.1) is 0 Å². The second kappa shape index (κ2) is 6.51. The highest BCUT2D eigenvalue weighted by atomic mass is 32.2. The maximum atomic E-state index is 12.6. The summed E-state index contributed by atoms with van der Waals surface area (Å²) in [5, 5.41) is 2.87. The summed E-state index contributed by atoms with van der Waals surface area (Å²) >= 11 is 0. The molecule has 112 valence electrons. The predicted molar refractivity (Wildman–Crippen MR) is 77.2 cm³/mol. The van der Waals surface area contributed by atoms with Crippen molar-refractivity contribution in [1.82, 2.24) is 9.29 Å². The van der Waals surface area contributed by atoms with E-state index in [0.29, 0.717) is 18.9 Å². The Bertz CT molecular complexity index is 524. The quantitative estimate of drug-likeness (QED) is 0.857. The van der Waals surface area contributed by atoms with Gasteiger partial charge in [0.2, 0.25) is 10.0 Å². The van der Waals surface area contributed by atoms with Gasteiger partial charge in [-0.2, -0.15) is 4.31 Å². The predicted octanol–water partition coefficient (Wildman–Crippen LogP) is 1.31. The van der Waals surface area contributed by atoms with Gasteiger partial charge >= 0.3 is 0 Å². The van der Waals surface area contributed by atoms with Crippen molar-refractivity contribution < 1.29 is 13.2 Å². The van der Waals surface area contributed by atoms with Crippen molar-refractivity contribution in [3.63, 3.8) is 0 Å². The average molecular weight is 299 g/mol. The zero-order valence-corrected chi connectivity index (χ0v) is 12.7. The molecule has 7 heteroatoms. The molecule has 1 atom stereocenters. The van der Waals surface area contributed by atoms with Crippen LogP contribution in [0.25, 0.3) is 0 Å². The second-order valence-electron chi connectivity index (χ2n) is 4.72. The van der Waals surface area contributed by atoms with E-state index in [0.717, 1.165) is 19.4 Å². The zero-order chi connectivity index (χ0) is 14.6. The third kappa shape index (κ3) is 3.28. The molecule has 6 nitrogen and oxygen atoms in total. The fraction of sp³-hybridized carbons (Fsp3) is 0.615. The molecule has 2 heterocycles. The summed E-state index contributed by atoms with van der Waals surface area (Å²) in [4.78, 5) is 4.28. The minimum atomic E-state index is -3.50. The molecule has 1 unspecified atom stereocenters. The number of anilines is 1. The van der Waals surface area contributed by atoms with Crippen molar-refractivity contribution >= 4 is 15.8 Å². The molecule has 0 spiro atoms. The summed E-state index contributed by atoms with van der Waals surface area (Å²) in [6.07, 6.45) is 3.32. The summed E-state index contributed by atoms with van der Waals surface area (Å²) < 4.78 is 32.1. The minimum absolute atomic E-state index is 0.00858. The summed E-state index contributed by atoms with van der Waals surface area (Å²) in [6, 6.07) is 3.24. The van der Waals surface area contributed by atoms with Gasteiger partial charge in [-0.25, -0.2) is 13.4 Å². The smallest absolute Gasteiger partial charge is 0.244 e. The Morgan fingerprint density at radius 3 is 2.80 bits per heavy atom. The van der Waals surface area contributed by atoms with Crippen molar-refractivity contribution in [1.29, 1.82) is 0 Å². The maximum absolute atomic E-state index is 12.6. The monoisotopic (exact) mass is 299 g/mol. The summed E-state index contributed by atoms with van der Waals surface area (Å²) in [5.74, 6) is 0.645. The minimum Gasteiger partial charge on any atom is -0.377 e. The Hall–Kier alpha value is -1.18. The van der Waals surface area contributed by atoms with Crippen molar-refractivity contribution in [2.75, 3.05) is 32.1 Å². The number of rotatable bonds is 6. The first-order valence-corrected chi connectivity index (χ1v) is 8.27. The van der Waals surface area contributed by atoms with Gasteiger partial charge in [0.15, 0.2) is 0 Å². The molecular formula is C13H21N3O3S. The van der Waals surface area contributed by atoms with E-state index in [-0.39, 0.29) is 11.0 Å². The van der Waals surface area contributed by atoms with E-state index >= 15 is 0 Å². The number of ether oxygens (including phenoxy) is 1. The topological polar surface area (TPSA) is 71.5 Å². The molecule has 2 rings (SSSR count). The van der Waals surface area contributed by atoms with Gasteiger partial charge in [-0.1, -0.05) is 6.92 Å². The molecule has 0 amide bonds. The van der Waals surface area contributed by atoms with Gasteiger partial charge in [-0.15, -0.1) is 0 Å². The van der Waals surface area contributed by atoms with Crippen LogP contribution in [0.3, 0.4) is 0 Å². The normalized spacial score (nSPS) is 19.4. The lowest BCUT2D eigenvalue weighted by Crippen LogP contribution is -2.37. The van der Waals surface area contributed by atoms with Gasteiger partial charge in [0, 0.05) is 32.9 Å². The number of nitrogens with zero attached hydrogens (tertiary/aromatic N) is 2. The van der Waals surface area contributed by atoms with Crippen LogP contribution in [0.15, 0.2) is 23.2 Å². The molecule has 0 bridgehead atoms. The average Bonchev–Trinajstić information content (AvgIpc) is 2.97. The molecule has 1 N–H and O–H groups in total. The molecule has 0 aliphatic carbocycles. The fourth-order valence-corrected chi connectivity index (χ4v) is 3.67. The Balaban J connectivity index is 2.16. The molecule has 1 fully saturated rings. The zero-order valence-electron chi connectivity index (χ0n) is 11.9. The molecule has 20 heavy (non-hydrogen) atoms. The van der Waals surface area contributed by atoms with Crippen molar-refractivity contribution in [2.24, 2.45) is 0 Å². The van der Waals surface area contributed by atoms with Crippen molar-refractivity contribution in [2.45, 2.75) is 30.8 Å². The lowest BCUT2D eigenvalue weighted by atomic mass is 10.2. The van der Waals surface area contributed by atoms with E-state index in [1.54, 1.807) is 19.2 Å². The Labute approximate surface area is 120 Å². The molecule has 1 saturated heterocycles. The Morgan fingerprint density at radius 1 is 1.50 bits per heavy atom. The van der Waals surface area contributed by atoms with Crippen LogP contribution in [-0.2, 0) is 14.8 Å². The van der Waals surface area contributed by atoms with Gasteiger partial charge < -0.3 is 10.1 Å². The third-order valence-electron chi connectivity index (χ3n) is 3.41. The lowest BCUT2D eigenvalue weighted by molar-refractivity contribution is 0.0947. The van der Waals surface area contributed by atoms with Crippen LogP contribution in [0.5, 0.6) is 0 Å². The van der Waals surface area contributed by atoms with Gasteiger partial charge in [-0.3, -0.25) is 0 Å². The molecule has 0 aromatic carbocycles. The second-order valence-corrected chi connectivity index (χ2v) is 6.66. The largest absolute Gasteiger partial charge is 0.377 e. The highest BCUT2D eigenvalue weighted by Crippen LogP contribution is 2.20. The standard InChI is InChI=1S/C13H21N3O3S/c1-3-16(10-11-5-4-8-19-11)20(17,18)12-6-7-13(14-2)15-9-12/h6-7,9,11H,3-5,8,10H2,1-2H3,(H,14,15). The molecular weight excluding hydrogens is 278 g/mol. The Morgan fingerprint density at radius 2 is 2.30 bits per heavy atom. The SMILES string of the molecule is CCN(CC1CCCO1)S(=O)(=O)c1ccc(NC)nc1. The van der Waals surface area contributed by atoms with E-state index in [1.165, 1.54) is 10.5 Å². The molecule has 1 aromatic rings. The van der Waals surface area contributed by atoms with Crippen LogP contribution in [0.2, 0.25) is 0 Å². The molecule has 1 aliphatic rings. The number of nitrogens with one attached hydrogen (secondary N) is 1. The van der Waals surface area contributed by atoms with Gasteiger partial charge in [0.25, 0.3) is 0 Å². The highest BCUT2D eigenvalue weighted by Gasteiger charge is 2.28. The number of sulfonamides is 1. The van der Waals surface area contributed by atoms with E-state index in [9.17, 15) is 8.42 Å². The first-order valence-electron chi connectivity index (χ1n) is 6.83. The number of aromatic nitrogens is 1. The van der Waals surface area contributed by atoms with Gasteiger partial charge in [-0.05, 0) is 25.0 Å². The molecule has 1 aliphatic heterocycles. The van der Waals surface area contributed by atoms with E-state index in [2.05, 4.69) is 10.3 Å². The number of pyridine rings is 1. The molecule has 0 saturated carbocycles. The molecule has 0 radical (unpaired) electrons. The lowest BCUT2D eigenvalue weighted by Gasteiger charge is -2.23. The van der Waals surface area contributed by atoms with Gasteiger partial charge in [0.05, 0.1) is 6.10 Å². The fourth-order valence-electron chi connectivity index (χ4n) is 2.24. The van der Waals surface area contributed by atoms with E-state index in [4.69, 9.17) is 4.74 Å². The summed E-state index contributed by atoms with van der Waals surface area (Å²) in [6.45, 7) is 3.39. The Kier molecular flexibility index (Phi) is 4.95. The van der Waals surface area contributed by atoms with Crippen molar-refractivity contribution in [3.8, 4) is 0 Å². The number of hydrogen-bond acceptors (Lipinski definition) is 5. The first-order chi connectivity index (χ1) is 9.57. The maximum Gasteiger partial charge on any atom is 0.244 e. The van der Waals surface area contributed by atoms with E-state index < -0.39 is 10.0 Å². The third-order valence-corrected chi connectivity index (χ3v) is 5.34. The van der Waals surface area contributed by atoms with Crippen LogP contribution in [-0.4, -0.2) is 50.6 Å². The summed E-state index contributed by atoms with van der Waals surface area (Å²) in [5.41, 5.74) is 0. The highest BCUT2D eigenvalue weighted by molar-refractivity contribution is 7.89. The van der Waals surface area contributed by atoms with Crippen LogP contribution >= 0.6 is 0 Å². The number of likely N-dealkylation sites (N-methyl/N-ethyl adjacent to an activating group) is 1. The van der Waals surface area contributed by atoms with Crippen molar-refractivity contribution in [3.05, 3.63) is 18.3 Å². The van der Waals surface area contributed by atoms with Gasteiger partial charge in [0.1, 0.15) is 10.7 Å². The van der Waals surface area contributed by atoms with Crippen LogP contribution in [0.1, 0.15) is 19.8 Å². The van der Waals surface area contributed by atoms with E-state index in [1.807, 2.05) is 6.92 Å². The first kappa shape index (κ1) is 15.2. The molecule has 1 aromatic heterocycles. The summed E-state index contributed by atoms with van der Waals surface area (Å²) in [7, 11) is -1.76. The number of hydrogen-bond donors (Lipinski definition) is 1. The van der Waals surface area contributed by atoms with Crippen LogP contribution < -0.4 is 5.32 Å². The van der Waals surface area contributed by atoms with Crippen LogP contribution in [0.4, 0.5) is 5.82 Å².